The number of fused-ring (bicyclic) bond motifs is 1. The first-order valence-corrected chi connectivity index (χ1v) is 4.98. The Morgan fingerprint density at radius 2 is 2.36 bits per heavy atom. The predicted octanol–water partition coefficient (Wildman–Crippen LogP) is 3.30. The predicted molar refractivity (Wildman–Crippen MR) is 57.8 cm³/mol. The van der Waals surface area contributed by atoms with E-state index in [9.17, 15) is 0 Å². The van der Waals surface area contributed by atoms with Crippen LogP contribution in [0.4, 0.5) is 5.82 Å². The Morgan fingerprint density at radius 1 is 1.50 bits per heavy atom. The number of hydrogen-bond donors (Lipinski definition) is 1. The van der Waals surface area contributed by atoms with Crippen molar-refractivity contribution in [2.75, 3.05) is 11.9 Å². The Bertz CT molecular complexity index is 439. The molecule has 0 aliphatic carbocycles. The van der Waals surface area contributed by atoms with E-state index < -0.39 is 0 Å². The minimum atomic E-state index is 0.669. The Morgan fingerprint density at radius 3 is 3.14 bits per heavy atom. The van der Waals surface area contributed by atoms with Crippen molar-refractivity contribution in [2.24, 2.45) is 0 Å². The third-order valence-electron chi connectivity index (χ3n) is 1.99. The summed E-state index contributed by atoms with van der Waals surface area (Å²) in [4.78, 5) is 0. The molecule has 0 aliphatic heterocycles. The van der Waals surface area contributed by atoms with Crippen molar-refractivity contribution in [1.29, 1.82) is 0 Å². The highest BCUT2D eigenvalue weighted by atomic mass is 35.5. The highest BCUT2D eigenvalue weighted by Gasteiger charge is 2.09. The summed E-state index contributed by atoms with van der Waals surface area (Å²) in [6, 6.07) is 5.53. The Labute approximate surface area is 87.0 Å². The number of hydrogen-bond acceptors (Lipinski definition) is 3. The van der Waals surface area contributed by atoms with E-state index in [1.165, 1.54) is 0 Å². The maximum absolute atomic E-state index is 6.04. The third kappa shape index (κ3) is 1.55. The topological polar surface area (TPSA) is 38.1 Å². The summed E-state index contributed by atoms with van der Waals surface area (Å²) in [7, 11) is 0. The average Bonchev–Trinajstić information content (AvgIpc) is 2.59. The van der Waals surface area contributed by atoms with Crippen LogP contribution < -0.4 is 5.32 Å². The van der Waals surface area contributed by atoms with Gasteiger partial charge in [0, 0.05) is 6.54 Å². The Hall–Kier alpha value is -1.22. The molecule has 74 valence electrons. The molecule has 0 unspecified atom stereocenters. The fourth-order valence-corrected chi connectivity index (χ4v) is 1.57. The number of benzene rings is 1. The Kier molecular flexibility index (Phi) is 2.59. The van der Waals surface area contributed by atoms with Gasteiger partial charge in [0.15, 0.2) is 11.4 Å². The molecule has 1 aromatic carbocycles. The molecule has 4 heteroatoms. The first-order chi connectivity index (χ1) is 6.83. The fraction of sp³-hybridized carbons (Fsp3) is 0.300. The van der Waals surface area contributed by atoms with Crippen LogP contribution in [-0.2, 0) is 0 Å². The number of rotatable bonds is 3. The zero-order valence-electron chi connectivity index (χ0n) is 7.88. The minimum Gasteiger partial charge on any atom is -0.367 e. The van der Waals surface area contributed by atoms with Crippen LogP contribution in [0.5, 0.6) is 0 Å². The van der Waals surface area contributed by atoms with Gasteiger partial charge in [-0.05, 0) is 18.6 Å². The van der Waals surface area contributed by atoms with Gasteiger partial charge in [-0.1, -0.05) is 29.7 Å². The zero-order valence-corrected chi connectivity index (χ0v) is 8.64. The summed E-state index contributed by atoms with van der Waals surface area (Å²) < 4.78 is 5.13. The molecule has 2 aromatic rings. The zero-order chi connectivity index (χ0) is 9.97. The molecular weight excluding hydrogens is 200 g/mol. The first-order valence-electron chi connectivity index (χ1n) is 4.60. The summed E-state index contributed by atoms with van der Waals surface area (Å²) in [5, 5.41) is 8.62. The van der Waals surface area contributed by atoms with Gasteiger partial charge in [0.1, 0.15) is 0 Å². The molecule has 1 N–H and O–H groups in total. The highest BCUT2D eigenvalue weighted by Crippen LogP contribution is 2.29. The lowest BCUT2D eigenvalue weighted by molar-refractivity contribution is 0.459. The van der Waals surface area contributed by atoms with Gasteiger partial charge in [0.25, 0.3) is 0 Å². The van der Waals surface area contributed by atoms with Gasteiger partial charge >= 0.3 is 0 Å². The fourth-order valence-electron chi connectivity index (χ4n) is 1.31. The van der Waals surface area contributed by atoms with Gasteiger partial charge in [-0.25, -0.2) is 0 Å². The molecule has 0 aliphatic rings. The van der Waals surface area contributed by atoms with E-state index in [1.54, 1.807) is 0 Å². The molecule has 0 fully saturated rings. The van der Waals surface area contributed by atoms with E-state index in [-0.39, 0.29) is 0 Å². The number of nitrogens with one attached hydrogen (secondary N) is 1. The summed E-state index contributed by atoms with van der Waals surface area (Å²) in [6.07, 6.45) is 1.04. The van der Waals surface area contributed by atoms with Crippen molar-refractivity contribution in [2.45, 2.75) is 13.3 Å². The molecule has 1 heterocycles. The second-order valence-electron chi connectivity index (χ2n) is 3.07. The van der Waals surface area contributed by atoms with Crippen LogP contribution in [0.15, 0.2) is 22.7 Å². The lowest BCUT2D eigenvalue weighted by atomic mass is 10.2. The van der Waals surface area contributed by atoms with E-state index in [1.807, 2.05) is 18.2 Å². The summed E-state index contributed by atoms with van der Waals surface area (Å²) in [5.74, 6) is 0.729. The molecule has 2 rings (SSSR count). The van der Waals surface area contributed by atoms with Crippen LogP contribution in [-0.4, -0.2) is 11.7 Å². The van der Waals surface area contributed by atoms with Crippen LogP contribution in [0.3, 0.4) is 0 Å². The SMILES string of the molecule is CCCNc1noc2cccc(Cl)c12. The van der Waals surface area contributed by atoms with Crippen LogP contribution in [0.2, 0.25) is 5.02 Å². The molecule has 3 nitrogen and oxygen atoms in total. The number of nitrogens with zero attached hydrogens (tertiary/aromatic N) is 1. The van der Waals surface area contributed by atoms with E-state index in [0.29, 0.717) is 5.02 Å². The maximum Gasteiger partial charge on any atom is 0.178 e. The Balaban J connectivity index is 2.45. The van der Waals surface area contributed by atoms with E-state index >= 15 is 0 Å². The summed E-state index contributed by atoms with van der Waals surface area (Å²) >= 11 is 6.04. The summed E-state index contributed by atoms with van der Waals surface area (Å²) in [6.45, 7) is 2.96. The molecule has 0 bridgehead atoms. The molecule has 14 heavy (non-hydrogen) atoms. The van der Waals surface area contributed by atoms with Crippen LogP contribution in [0.1, 0.15) is 13.3 Å². The molecular formula is C10H11ClN2O. The van der Waals surface area contributed by atoms with Crippen molar-refractivity contribution < 1.29 is 4.52 Å². The normalized spacial score (nSPS) is 10.7. The molecule has 1 aromatic heterocycles. The van der Waals surface area contributed by atoms with Crippen molar-refractivity contribution in [1.82, 2.24) is 5.16 Å². The lowest BCUT2D eigenvalue weighted by Gasteiger charge is -1.99. The lowest BCUT2D eigenvalue weighted by Crippen LogP contribution is -1.99. The van der Waals surface area contributed by atoms with E-state index in [0.717, 1.165) is 29.8 Å². The van der Waals surface area contributed by atoms with Crippen molar-refractivity contribution in [3.8, 4) is 0 Å². The van der Waals surface area contributed by atoms with Gasteiger partial charge in [0.2, 0.25) is 0 Å². The smallest absolute Gasteiger partial charge is 0.178 e. The van der Waals surface area contributed by atoms with Crippen molar-refractivity contribution in [3.05, 3.63) is 23.2 Å². The molecule has 0 atom stereocenters. The molecule has 0 saturated carbocycles. The minimum absolute atomic E-state index is 0.669. The van der Waals surface area contributed by atoms with Gasteiger partial charge in [-0.2, -0.15) is 0 Å². The second-order valence-corrected chi connectivity index (χ2v) is 3.48. The molecule has 0 spiro atoms. The van der Waals surface area contributed by atoms with Gasteiger partial charge < -0.3 is 9.84 Å². The van der Waals surface area contributed by atoms with Gasteiger partial charge in [-0.3, -0.25) is 0 Å². The third-order valence-corrected chi connectivity index (χ3v) is 2.30. The van der Waals surface area contributed by atoms with Crippen LogP contribution in [0, 0.1) is 0 Å². The van der Waals surface area contributed by atoms with Gasteiger partial charge in [0.05, 0.1) is 10.4 Å². The van der Waals surface area contributed by atoms with Crippen molar-refractivity contribution >= 4 is 28.4 Å². The highest BCUT2D eigenvalue weighted by molar-refractivity contribution is 6.36. The number of anilines is 1. The quantitative estimate of drug-likeness (QED) is 0.845. The summed E-state index contributed by atoms with van der Waals surface area (Å²) in [5.41, 5.74) is 0.719. The van der Waals surface area contributed by atoms with E-state index in [4.69, 9.17) is 16.1 Å². The molecule has 0 amide bonds. The first kappa shape index (κ1) is 9.34. The average molecular weight is 211 g/mol. The largest absolute Gasteiger partial charge is 0.367 e. The second kappa shape index (κ2) is 3.88. The van der Waals surface area contributed by atoms with Crippen LogP contribution in [0.25, 0.3) is 11.0 Å². The van der Waals surface area contributed by atoms with Crippen LogP contribution >= 0.6 is 11.6 Å². The monoisotopic (exact) mass is 210 g/mol. The number of halogens is 1. The standard InChI is InChI=1S/C10H11ClN2O/c1-2-6-12-10-9-7(11)4-3-5-8(9)14-13-10/h3-5H,2,6H2,1H3,(H,12,13). The number of aromatic nitrogens is 1. The van der Waals surface area contributed by atoms with Gasteiger partial charge in [-0.15, -0.1) is 0 Å². The van der Waals surface area contributed by atoms with E-state index in [2.05, 4.69) is 17.4 Å². The van der Waals surface area contributed by atoms with Crippen molar-refractivity contribution in [3.63, 3.8) is 0 Å². The molecule has 0 saturated heterocycles. The molecule has 0 radical (unpaired) electrons. The maximum atomic E-state index is 6.04.